The van der Waals surface area contributed by atoms with Gasteiger partial charge in [-0.1, -0.05) is 0 Å². The molecule has 0 nitrogen and oxygen atoms in total. The molecule has 0 atom stereocenters. The van der Waals surface area contributed by atoms with E-state index in [4.69, 9.17) is 0 Å². The Bertz CT molecular complexity index is 282. The van der Waals surface area contributed by atoms with Gasteiger partial charge >= 0.3 is 124 Å². The Morgan fingerprint density at radius 2 is 0.933 bits per heavy atom. The van der Waals surface area contributed by atoms with Crippen LogP contribution in [0.4, 0.5) is 0 Å². The molecule has 0 aliphatic rings. The molecule has 0 unspecified atom stereocenters. The number of rotatable bonds is 2. The topological polar surface area (TPSA) is 0 Å². The molecule has 0 amide bonds. The van der Waals surface area contributed by atoms with Crippen molar-refractivity contribution in [2.75, 3.05) is 60.0 Å². The zero-order valence-electron chi connectivity index (χ0n) is 11.6. The van der Waals surface area contributed by atoms with Crippen LogP contribution in [0, 0.1) is 0 Å². The molecule has 96 valence electrons. The molecule has 0 aromatic heterocycles. The van der Waals surface area contributed by atoms with Gasteiger partial charge in [-0.2, -0.15) is 0 Å². The molecule has 0 rings (SSSR count). The summed E-state index contributed by atoms with van der Waals surface area (Å²) < 4.78 is -1.27. The van der Waals surface area contributed by atoms with Crippen LogP contribution in [0.2, 0.25) is 0 Å². The predicted octanol–water partition coefficient (Wildman–Crippen LogP) is 5.57. The molecular formula is C10H27I2P3. The number of hydrogen-bond acceptors (Lipinski definition) is 0. The van der Waals surface area contributed by atoms with E-state index in [1.165, 1.54) is 0 Å². The average Bonchev–Trinajstić information content (AvgIpc) is 1.36. The molecule has 0 fully saturated rings. The predicted molar refractivity (Wildman–Crippen MR) is 107 cm³/mol. The molecule has 15 heavy (non-hydrogen) atoms. The Labute approximate surface area is 123 Å². The van der Waals surface area contributed by atoms with E-state index in [0.29, 0.717) is 0 Å². The number of hydrogen-bond donors (Lipinski definition) is 0. The average molecular weight is 494 g/mol. The third-order valence-corrected chi connectivity index (χ3v) is 25.3. The van der Waals surface area contributed by atoms with Crippen molar-refractivity contribution in [2.45, 2.75) is 0 Å². The SMILES string of the molecule is CP(C)(C)=C(P(C)(C)(C)I)P(C)(C)(C)I. The van der Waals surface area contributed by atoms with Gasteiger partial charge in [-0.05, 0) is 0 Å². The Morgan fingerprint density at radius 3 is 0.933 bits per heavy atom. The first-order chi connectivity index (χ1) is 5.88. The van der Waals surface area contributed by atoms with Gasteiger partial charge in [0, 0.05) is 0 Å². The van der Waals surface area contributed by atoms with Crippen LogP contribution in [0.25, 0.3) is 0 Å². The van der Waals surface area contributed by atoms with E-state index >= 15 is 0 Å². The van der Waals surface area contributed by atoms with Gasteiger partial charge in [-0.25, -0.2) is 0 Å². The Balaban J connectivity index is 6.27. The van der Waals surface area contributed by atoms with Crippen LogP contribution in [0.15, 0.2) is 0 Å². The molecule has 0 saturated heterocycles. The third kappa shape index (κ3) is 5.86. The van der Waals surface area contributed by atoms with Crippen molar-refractivity contribution >= 4 is 64.2 Å². The van der Waals surface area contributed by atoms with Crippen LogP contribution in [0.5, 0.6) is 0 Å². The Morgan fingerprint density at radius 1 is 0.733 bits per heavy atom. The molecule has 0 aliphatic heterocycles. The van der Waals surface area contributed by atoms with Crippen LogP contribution < -0.4 is 0 Å². The monoisotopic (exact) mass is 494 g/mol. The second-order valence-corrected chi connectivity index (χ2v) is 44.6. The minimum atomic E-state index is -1.62. The molecule has 0 aliphatic carbocycles. The van der Waals surface area contributed by atoms with Crippen LogP contribution in [-0.2, 0) is 0 Å². The summed E-state index contributed by atoms with van der Waals surface area (Å²) in [5.74, 6) is 0. The van der Waals surface area contributed by atoms with Crippen molar-refractivity contribution in [1.29, 1.82) is 0 Å². The van der Waals surface area contributed by atoms with E-state index in [1.54, 1.807) is 0 Å². The van der Waals surface area contributed by atoms with Crippen LogP contribution in [-0.4, -0.2) is 64.8 Å². The summed E-state index contributed by atoms with van der Waals surface area (Å²) in [4.78, 5) is 0. The summed E-state index contributed by atoms with van der Waals surface area (Å²) >= 11 is 5.56. The van der Waals surface area contributed by atoms with Crippen molar-refractivity contribution in [2.24, 2.45) is 0 Å². The molecule has 0 aromatic rings. The molecule has 5 heteroatoms. The minimum absolute atomic E-state index is 0.882. The summed E-state index contributed by atoms with van der Waals surface area (Å²) in [6.45, 7) is 21.7. The van der Waals surface area contributed by atoms with Crippen molar-refractivity contribution in [3.63, 3.8) is 0 Å². The molecule has 0 radical (unpaired) electrons. The zero-order valence-corrected chi connectivity index (χ0v) is 18.6. The van der Waals surface area contributed by atoms with Gasteiger partial charge in [0.15, 0.2) is 0 Å². The van der Waals surface area contributed by atoms with Gasteiger partial charge < -0.3 is 0 Å². The maximum absolute atomic E-state index is 2.78. The Hall–Kier alpha value is 2.62. The fraction of sp³-hybridized carbons (Fsp3) is 0.900. The second-order valence-electron chi connectivity index (χ2n) is 7.52. The van der Waals surface area contributed by atoms with E-state index < -0.39 is 15.4 Å². The zero-order chi connectivity index (χ0) is 13.0. The standard InChI is InChI=1S/C10H27I2P3/c1-13(2,3)10(14(4,5,6)11)15(7,8,9)12/h1-9H3. The maximum atomic E-state index is 2.78. The summed E-state index contributed by atoms with van der Waals surface area (Å²) in [5, 5.41) is 0. The van der Waals surface area contributed by atoms with E-state index in [1.807, 2.05) is 4.78 Å². The summed E-state index contributed by atoms with van der Waals surface area (Å²) in [7, 11) is 0. The Kier molecular flexibility index (Phi) is 4.76. The second kappa shape index (κ2) is 4.06. The molecule has 0 saturated carbocycles. The van der Waals surface area contributed by atoms with Crippen molar-refractivity contribution in [3.8, 4) is 0 Å². The summed E-state index contributed by atoms with van der Waals surface area (Å²) in [5.41, 5.74) is 0. The van der Waals surface area contributed by atoms with Crippen molar-refractivity contribution in [3.05, 3.63) is 0 Å². The third-order valence-electron chi connectivity index (χ3n) is 1.95. The molecule has 0 N–H and O–H groups in total. The van der Waals surface area contributed by atoms with Gasteiger partial charge in [0.05, 0.1) is 0 Å². The first-order valence-electron chi connectivity index (χ1n) is 5.03. The molecule has 0 spiro atoms. The van der Waals surface area contributed by atoms with Crippen LogP contribution in [0.3, 0.4) is 0 Å². The van der Waals surface area contributed by atoms with Crippen LogP contribution >= 0.6 is 59.5 Å². The van der Waals surface area contributed by atoms with Gasteiger partial charge in [-0.15, -0.1) is 0 Å². The normalized spacial score (nSPS) is 19.9. The van der Waals surface area contributed by atoms with E-state index in [9.17, 15) is 0 Å². The van der Waals surface area contributed by atoms with Gasteiger partial charge in [0.1, 0.15) is 0 Å². The van der Waals surface area contributed by atoms with E-state index in [2.05, 4.69) is 104 Å². The summed E-state index contributed by atoms with van der Waals surface area (Å²) in [6, 6.07) is 0. The summed E-state index contributed by atoms with van der Waals surface area (Å²) in [6.07, 6.45) is 0. The number of halogens is 2. The molecule has 0 bridgehead atoms. The quantitative estimate of drug-likeness (QED) is 0.348. The van der Waals surface area contributed by atoms with E-state index in [0.717, 1.165) is 0 Å². The van der Waals surface area contributed by atoms with Gasteiger partial charge in [0.25, 0.3) is 0 Å². The van der Waals surface area contributed by atoms with Crippen molar-refractivity contribution in [1.82, 2.24) is 0 Å². The first-order valence-corrected chi connectivity index (χ1v) is 20.9. The fourth-order valence-electron chi connectivity index (χ4n) is 3.17. The van der Waals surface area contributed by atoms with E-state index in [-0.39, 0.29) is 0 Å². The van der Waals surface area contributed by atoms with Gasteiger partial charge in [0.2, 0.25) is 0 Å². The first kappa shape index (κ1) is 17.6. The molecule has 0 heterocycles. The fourth-order valence-corrected chi connectivity index (χ4v) is 57.5. The van der Waals surface area contributed by atoms with Crippen molar-refractivity contribution < 1.29 is 0 Å². The molecule has 0 aromatic carbocycles. The van der Waals surface area contributed by atoms with Crippen LogP contribution in [0.1, 0.15) is 0 Å². The van der Waals surface area contributed by atoms with Gasteiger partial charge in [-0.3, -0.25) is 0 Å². The molecular weight excluding hydrogens is 467 g/mol.